The Morgan fingerprint density at radius 1 is 1.29 bits per heavy atom. The van der Waals surface area contributed by atoms with Crippen molar-refractivity contribution < 1.29 is 14.3 Å². The highest BCUT2D eigenvalue weighted by atomic mass is 35.5. The molecule has 2 aromatic heterocycles. The molecule has 1 aromatic carbocycles. The first kappa shape index (κ1) is 25.8. The summed E-state index contributed by atoms with van der Waals surface area (Å²) in [6, 6.07) is 11.5. The number of ether oxygens (including phenoxy) is 1. The molecule has 1 aliphatic rings. The molecule has 0 fully saturated rings. The fourth-order valence-corrected chi connectivity index (χ4v) is 6.38. The minimum absolute atomic E-state index is 0.0855. The van der Waals surface area contributed by atoms with Gasteiger partial charge in [-0.3, -0.25) is 14.5 Å². The third-order valence-corrected chi connectivity index (χ3v) is 8.14. The number of thioether (sulfide) groups is 1. The summed E-state index contributed by atoms with van der Waals surface area (Å²) in [6.07, 6.45) is 0. The number of benzene rings is 1. The van der Waals surface area contributed by atoms with Crippen molar-refractivity contribution in [3.05, 3.63) is 62.9 Å². The highest BCUT2D eigenvalue weighted by Gasteiger charge is 2.40. The van der Waals surface area contributed by atoms with E-state index in [-0.39, 0.29) is 34.8 Å². The summed E-state index contributed by atoms with van der Waals surface area (Å²) in [5.74, 6) is 0.479. The van der Waals surface area contributed by atoms with Gasteiger partial charge in [-0.15, -0.1) is 23.1 Å². The predicted molar refractivity (Wildman–Crippen MR) is 143 cm³/mol. The van der Waals surface area contributed by atoms with Crippen LogP contribution in [-0.4, -0.2) is 54.2 Å². The highest BCUT2D eigenvalue weighted by Crippen LogP contribution is 2.49. The molecule has 0 aliphatic carbocycles. The molecule has 186 valence electrons. The van der Waals surface area contributed by atoms with Gasteiger partial charge >= 0.3 is 0 Å². The number of carbonyl (C=O) groups is 2. The Hall–Kier alpha value is -2.33. The zero-order chi connectivity index (χ0) is 25.2. The van der Waals surface area contributed by atoms with Gasteiger partial charge in [0.1, 0.15) is 12.4 Å². The highest BCUT2D eigenvalue weighted by molar-refractivity contribution is 8.00. The SMILES string of the molecule is COCCNC(=O)CN1C(=O)CS[C@@H](c2cccs2)c2c(C(C)(C)C)nn(-c3cccc(Cl)c3)c21. The van der Waals surface area contributed by atoms with Crippen molar-refractivity contribution in [1.82, 2.24) is 15.1 Å². The number of nitrogens with one attached hydrogen (secondary N) is 1. The van der Waals surface area contributed by atoms with Crippen molar-refractivity contribution >= 4 is 52.3 Å². The zero-order valence-electron chi connectivity index (χ0n) is 20.2. The van der Waals surface area contributed by atoms with Crippen LogP contribution in [0.3, 0.4) is 0 Å². The molecule has 4 rings (SSSR count). The number of hydrogen-bond acceptors (Lipinski definition) is 6. The van der Waals surface area contributed by atoms with Crippen LogP contribution in [0.1, 0.15) is 42.2 Å². The number of hydrogen-bond donors (Lipinski definition) is 1. The fourth-order valence-electron chi connectivity index (χ4n) is 4.02. The summed E-state index contributed by atoms with van der Waals surface area (Å²) in [7, 11) is 1.58. The van der Waals surface area contributed by atoms with E-state index in [1.54, 1.807) is 45.9 Å². The lowest BCUT2D eigenvalue weighted by Gasteiger charge is -2.24. The quantitative estimate of drug-likeness (QED) is 0.442. The maximum atomic E-state index is 13.5. The topological polar surface area (TPSA) is 76.5 Å². The summed E-state index contributed by atoms with van der Waals surface area (Å²) >= 11 is 9.57. The third kappa shape index (κ3) is 5.58. The molecule has 3 aromatic rings. The minimum Gasteiger partial charge on any atom is -0.383 e. The normalized spacial score (nSPS) is 16.2. The van der Waals surface area contributed by atoms with Gasteiger partial charge in [-0.05, 0) is 29.6 Å². The monoisotopic (exact) mass is 532 g/mol. The van der Waals surface area contributed by atoms with E-state index in [2.05, 4.69) is 32.2 Å². The molecule has 1 atom stereocenters. The number of fused-ring (bicyclic) bond motifs is 1. The molecule has 1 N–H and O–H groups in total. The van der Waals surface area contributed by atoms with Crippen LogP contribution in [0, 0.1) is 0 Å². The average molecular weight is 533 g/mol. The van der Waals surface area contributed by atoms with Crippen molar-refractivity contribution in [3.8, 4) is 5.69 Å². The lowest BCUT2D eigenvalue weighted by molar-refractivity contribution is -0.123. The molecular weight excluding hydrogens is 504 g/mol. The van der Waals surface area contributed by atoms with Crippen LogP contribution < -0.4 is 10.2 Å². The second kappa shape index (κ2) is 10.7. The van der Waals surface area contributed by atoms with Crippen LogP contribution in [-0.2, 0) is 19.7 Å². The fraction of sp³-hybridized carbons (Fsp3) is 0.400. The number of nitrogens with zero attached hydrogens (tertiary/aromatic N) is 3. The van der Waals surface area contributed by atoms with E-state index in [0.717, 1.165) is 21.8 Å². The number of aromatic nitrogens is 2. The Kier molecular flexibility index (Phi) is 7.90. The summed E-state index contributed by atoms with van der Waals surface area (Å²) in [6.45, 7) is 7.00. The van der Waals surface area contributed by atoms with Gasteiger partial charge in [0.25, 0.3) is 0 Å². The number of thiophene rings is 1. The number of carbonyl (C=O) groups excluding carboxylic acids is 2. The van der Waals surface area contributed by atoms with E-state index < -0.39 is 0 Å². The van der Waals surface area contributed by atoms with E-state index in [1.807, 2.05) is 29.6 Å². The molecule has 1 aliphatic heterocycles. The smallest absolute Gasteiger partial charge is 0.240 e. The van der Waals surface area contributed by atoms with Crippen LogP contribution in [0.15, 0.2) is 41.8 Å². The summed E-state index contributed by atoms with van der Waals surface area (Å²) in [5, 5.41) is 10.4. The average Bonchev–Trinajstić information content (AvgIpc) is 3.44. The molecule has 35 heavy (non-hydrogen) atoms. The van der Waals surface area contributed by atoms with Crippen LogP contribution in [0.4, 0.5) is 5.82 Å². The first-order valence-electron chi connectivity index (χ1n) is 11.3. The molecule has 0 saturated carbocycles. The Morgan fingerprint density at radius 2 is 2.09 bits per heavy atom. The van der Waals surface area contributed by atoms with Crippen molar-refractivity contribution in [3.63, 3.8) is 0 Å². The lowest BCUT2D eigenvalue weighted by Crippen LogP contribution is -2.43. The van der Waals surface area contributed by atoms with Gasteiger partial charge < -0.3 is 10.1 Å². The van der Waals surface area contributed by atoms with Crippen LogP contribution >= 0.6 is 34.7 Å². The largest absolute Gasteiger partial charge is 0.383 e. The Labute approximate surface area is 218 Å². The van der Waals surface area contributed by atoms with Gasteiger partial charge in [-0.25, -0.2) is 4.68 Å². The van der Waals surface area contributed by atoms with Crippen molar-refractivity contribution in [2.45, 2.75) is 31.4 Å². The molecule has 0 spiro atoms. The lowest BCUT2D eigenvalue weighted by atomic mass is 9.88. The Morgan fingerprint density at radius 3 is 2.74 bits per heavy atom. The van der Waals surface area contributed by atoms with E-state index in [0.29, 0.717) is 24.0 Å². The molecule has 0 radical (unpaired) electrons. The standard InChI is InChI=1S/C25H29ClN4O3S2/c1-25(2,3)23-21-22(18-9-6-12-34-18)35-15-20(32)29(14-19(31)27-10-11-33-4)24(21)30(28-23)17-8-5-7-16(26)13-17/h5-9,12-13,22H,10-11,14-15H2,1-4H3,(H,27,31)/t22-/m0/s1. The van der Waals surface area contributed by atoms with Crippen LogP contribution in [0.25, 0.3) is 5.69 Å². The second-order valence-corrected chi connectivity index (χ2v) is 11.8. The predicted octanol–water partition coefficient (Wildman–Crippen LogP) is 4.82. The number of amides is 2. The molecule has 0 bridgehead atoms. The molecule has 0 saturated heterocycles. The first-order valence-corrected chi connectivity index (χ1v) is 13.6. The third-order valence-electron chi connectivity index (χ3n) is 5.58. The van der Waals surface area contributed by atoms with Crippen LogP contribution in [0.5, 0.6) is 0 Å². The number of anilines is 1. The molecule has 0 unspecified atom stereocenters. The minimum atomic E-state index is -0.302. The van der Waals surface area contributed by atoms with E-state index >= 15 is 0 Å². The maximum absolute atomic E-state index is 13.5. The number of rotatable bonds is 7. The van der Waals surface area contributed by atoms with E-state index in [1.165, 1.54) is 0 Å². The van der Waals surface area contributed by atoms with Gasteiger partial charge in [0.05, 0.1) is 29.0 Å². The van der Waals surface area contributed by atoms with E-state index in [9.17, 15) is 9.59 Å². The number of methoxy groups -OCH3 is 1. The molecule has 3 heterocycles. The Balaban J connectivity index is 1.93. The molecule has 10 heteroatoms. The number of halogens is 1. The van der Waals surface area contributed by atoms with Gasteiger partial charge in [0.2, 0.25) is 11.8 Å². The summed E-state index contributed by atoms with van der Waals surface area (Å²) < 4.78 is 6.81. The zero-order valence-corrected chi connectivity index (χ0v) is 22.6. The van der Waals surface area contributed by atoms with E-state index in [4.69, 9.17) is 21.4 Å². The Bertz CT molecular complexity index is 1200. The van der Waals surface area contributed by atoms with Crippen molar-refractivity contribution in [2.24, 2.45) is 0 Å². The molecule has 2 amide bonds. The summed E-state index contributed by atoms with van der Waals surface area (Å²) in [4.78, 5) is 29.1. The van der Waals surface area contributed by atoms with Crippen molar-refractivity contribution in [2.75, 3.05) is 37.5 Å². The van der Waals surface area contributed by atoms with Gasteiger partial charge in [0.15, 0.2) is 0 Å². The summed E-state index contributed by atoms with van der Waals surface area (Å²) in [5.41, 5.74) is 2.28. The van der Waals surface area contributed by atoms with Crippen molar-refractivity contribution in [1.29, 1.82) is 0 Å². The van der Waals surface area contributed by atoms with Gasteiger partial charge in [-0.1, -0.05) is 44.5 Å². The molecule has 7 nitrogen and oxygen atoms in total. The van der Waals surface area contributed by atoms with Gasteiger partial charge in [0, 0.05) is 34.5 Å². The first-order chi connectivity index (χ1) is 16.7. The molecular formula is C25H29ClN4O3S2. The van der Waals surface area contributed by atoms with Crippen LogP contribution in [0.2, 0.25) is 5.02 Å². The maximum Gasteiger partial charge on any atom is 0.240 e. The van der Waals surface area contributed by atoms with Gasteiger partial charge in [-0.2, -0.15) is 5.10 Å². The second-order valence-electron chi connectivity index (χ2n) is 9.26.